The van der Waals surface area contributed by atoms with E-state index in [4.69, 9.17) is 5.73 Å². The summed E-state index contributed by atoms with van der Waals surface area (Å²) in [6, 6.07) is 2.09. The van der Waals surface area contributed by atoms with E-state index >= 15 is 0 Å². The fourth-order valence-corrected chi connectivity index (χ4v) is 2.40. The molecule has 2 rings (SSSR count). The van der Waals surface area contributed by atoms with Crippen molar-refractivity contribution in [2.75, 3.05) is 23.7 Å². The van der Waals surface area contributed by atoms with Gasteiger partial charge in [0.25, 0.3) is 0 Å². The topological polar surface area (TPSA) is 55.0 Å². The van der Waals surface area contributed by atoms with E-state index in [9.17, 15) is 0 Å². The van der Waals surface area contributed by atoms with Crippen LogP contribution >= 0.6 is 0 Å². The zero-order chi connectivity index (χ0) is 13.3. The molecule has 0 spiro atoms. The van der Waals surface area contributed by atoms with Crippen LogP contribution in [0.5, 0.6) is 0 Å². The first kappa shape index (κ1) is 13.1. The highest BCUT2D eigenvalue weighted by Crippen LogP contribution is 2.27. The van der Waals surface area contributed by atoms with E-state index < -0.39 is 0 Å². The summed E-state index contributed by atoms with van der Waals surface area (Å²) in [5.74, 6) is 2.10. The Morgan fingerprint density at radius 3 is 2.67 bits per heavy atom. The lowest BCUT2D eigenvalue weighted by atomic mass is 9.91. The van der Waals surface area contributed by atoms with Gasteiger partial charge in [0.15, 0.2) is 0 Å². The molecule has 2 N–H and O–H groups in total. The van der Waals surface area contributed by atoms with E-state index in [1.54, 1.807) is 0 Å². The van der Waals surface area contributed by atoms with Gasteiger partial charge in [-0.2, -0.15) is 4.98 Å². The van der Waals surface area contributed by atoms with Crippen LogP contribution in [0.4, 0.5) is 11.8 Å². The van der Waals surface area contributed by atoms with Gasteiger partial charge in [-0.15, -0.1) is 0 Å². The zero-order valence-corrected chi connectivity index (χ0v) is 11.9. The molecule has 1 aromatic rings. The number of piperidine rings is 1. The maximum Gasteiger partial charge on any atom is 0.222 e. The predicted octanol–water partition coefficient (Wildman–Crippen LogP) is 2.59. The lowest BCUT2D eigenvalue weighted by Gasteiger charge is -2.32. The van der Waals surface area contributed by atoms with Crippen LogP contribution in [0.25, 0.3) is 0 Å². The molecular formula is C14H24N4. The fourth-order valence-electron chi connectivity index (χ4n) is 2.40. The molecule has 0 radical (unpaired) electrons. The van der Waals surface area contributed by atoms with E-state index in [1.807, 2.05) is 0 Å². The standard InChI is InChI=1S/C14H24N4/c1-10-6-5-7-18(9-10)12-8-11(14(2,3)4)16-13(15)17-12/h8,10H,5-7,9H2,1-4H3,(H2,15,16,17). The highest BCUT2D eigenvalue weighted by Gasteiger charge is 2.22. The van der Waals surface area contributed by atoms with E-state index in [0.717, 1.165) is 30.5 Å². The van der Waals surface area contributed by atoms with Crippen LogP contribution in [0, 0.1) is 5.92 Å². The van der Waals surface area contributed by atoms with Crippen LogP contribution < -0.4 is 10.6 Å². The second-order valence-corrected chi connectivity index (χ2v) is 6.41. The van der Waals surface area contributed by atoms with Crippen molar-refractivity contribution >= 4 is 11.8 Å². The van der Waals surface area contributed by atoms with Gasteiger partial charge < -0.3 is 10.6 Å². The van der Waals surface area contributed by atoms with Gasteiger partial charge in [0.1, 0.15) is 5.82 Å². The molecule has 1 fully saturated rings. The van der Waals surface area contributed by atoms with Crippen LogP contribution in [0.2, 0.25) is 0 Å². The summed E-state index contributed by atoms with van der Waals surface area (Å²) in [4.78, 5) is 11.1. The summed E-state index contributed by atoms with van der Waals surface area (Å²) < 4.78 is 0. The summed E-state index contributed by atoms with van der Waals surface area (Å²) >= 11 is 0. The summed E-state index contributed by atoms with van der Waals surface area (Å²) in [6.45, 7) is 10.9. The Bertz CT molecular complexity index is 422. The maximum atomic E-state index is 5.85. The molecule has 4 nitrogen and oxygen atoms in total. The number of nitrogens with two attached hydrogens (primary N) is 1. The van der Waals surface area contributed by atoms with Crippen molar-refractivity contribution in [2.24, 2.45) is 5.92 Å². The van der Waals surface area contributed by atoms with Crippen LogP contribution in [0.3, 0.4) is 0 Å². The van der Waals surface area contributed by atoms with Crippen molar-refractivity contribution in [3.05, 3.63) is 11.8 Å². The molecule has 4 heteroatoms. The molecule has 100 valence electrons. The van der Waals surface area contributed by atoms with Gasteiger partial charge in [-0.25, -0.2) is 4.98 Å². The first-order valence-corrected chi connectivity index (χ1v) is 6.76. The van der Waals surface area contributed by atoms with Crippen molar-refractivity contribution in [1.29, 1.82) is 0 Å². The van der Waals surface area contributed by atoms with E-state index in [1.165, 1.54) is 12.8 Å². The van der Waals surface area contributed by atoms with Gasteiger partial charge in [-0.05, 0) is 18.8 Å². The lowest BCUT2D eigenvalue weighted by Crippen LogP contribution is -2.35. The molecule has 0 bridgehead atoms. The molecule has 0 amide bonds. The largest absolute Gasteiger partial charge is 0.368 e. The highest BCUT2D eigenvalue weighted by atomic mass is 15.2. The Balaban J connectivity index is 2.30. The lowest BCUT2D eigenvalue weighted by molar-refractivity contribution is 0.444. The molecule has 1 unspecified atom stereocenters. The molecule has 1 aliphatic rings. The van der Waals surface area contributed by atoms with Crippen LogP contribution in [0.15, 0.2) is 6.07 Å². The maximum absolute atomic E-state index is 5.85. The average molecular weight is 248 g/mol. The second kappa shape index (κ2) is 4.75. The van der Waals surface area contributed by atoms with Crippen LogP contribution in [-0.4, -0.2) is 23.1 Å². The molecule has 0 saturated carbocycles. The van der Waals surface area contributed by atoms with Gasteiger partial charge in [0.2, 0.25) is 5.95 Å². The van der Waals surface area contributed by atoms with Crippen molar-refractivity contribution in [1.82, 2.24) is 9.97 Å². The smallest absolute Gasteiger partial charge is 0.222 e. The third-order valence-electron chi connectivity index (χ3n) is 3.48. The second-order valence-electron chi connectivity index (χ2n) is 6.41. The number of anilines is 2. The quantitative estimate of drug-likeness (QED) is 0.830. The molecule has 1 atom stereocenters. The molecule has 1 saturated heterocycles. The molecule has 1 aliphatic heterocycles. The minimum Gasteiger partial charge on any atom is -0.368 e. The first-order chi connectivity index (χ1) is 8.36. The van der Waals surface area contributed by atoms with Gasteiger partial charge in [0.05, 0.1) is 5.69 Å². The highest BCUT2D eigenvalue weighted by molar-refractivity contribution is 5.45. The van der Waals surface area contributed by atoms with Gasteiger partial charge in [-0.1, -0.05) is 27.7 Å². The molecule has 0 aromatic carbocycles. The van der Waals surface area contributed by atoms with Crippen LogP contribution in [0.1, 0.15) is 46.2 Å². The molecular weight excluding hydrogens is 224 g/mol. The first-order valence-electron chi connectivity index (χ1n) is 6.76. The summed E-state index contributed by atoms with van der Waals surface area (Å²) in [5.41, 5.74) is 6.87. The summed E-state index contributed by atoms with van der Waals surface area (Å²) in [6.07, 6.45) is 2.54. The molecule has 0 aliphatic carbocycles. The molecule has 18 heavy (non-hydrogen) atoms. The molecule has 1 aromatic heterocycles. The number of aromatic nitrogens is 2. The van der Waals surface area contributed by atoms with Gasteiger partial charge in [0, 0.05) is 24.6 Å². The minimum absolute atomic E-state index is 0.00716. The number of hydrogen-bond acceptors (Lipinski definition) is 4. The zero-order valence-electron chi connectivity index (χ0n) is 11.9. The van der Waals surface area contributed by atoms with Crippen molar-refractivity contribution in [3.63, 3.8) is 0 Å². The van der Waals surface area contributed by atoms with Gasteiger partial charge >= 0.3 is 0 Å². The van der Waals surface area contributed by atoms with E-state index in [0.29, 0.717) is 5.95 Å². The molecule has 2 heterocycles. The summed E-state index contributed by atoms with van der Waals surface area (Å²) in [5, 5.41) is 0. The number of hydrogen-bond donors (Lipinski definition) is 1. The van der Waals surface area contributed by atoms with Crippen molar-refractivity contribution in [3.8, 4) is 0 Å². The third kappa shape index (κ3) is 2.92. The Hall–Kier alpha value is -1.32. The van der Waals surface area contributed by atoms with Crippen LogP contribution in [-0.2, 0) is 5.41 Å². The SMILES string of the molecule is CC1CCCN(c2cc(C(C)(C)C)nc(N)n2)C1. The monoisotopic (exact) mass is 248 g/mol. The predicted molar refractivity (Wildman–Crippen MR) is 75.8 cm³/mol. The normalized spacial score (nSPS) is 21.1. The Kier molecular flexibility index (Phi) is 3.46. The Morgan fingerprint density at radius 2 is 2.06 bits per heavy atom. The fraction of sp³-hybridized carbons (Fsp3) is 0.714. The van der Waals surface area contributed by atoms with Crippen molar-refractivity contribution in [2.45, 2.75) is 46.0 Å². The number of nitrogens with zero attached hydrogens (tertiary/aromatic N) is 3. The average Bonchev–Trinajstić information content (AvgIpc) is 2.27. The van der Waals surface area contributed by atoms with Crippen molar-refractivity contribution < 1.29 is 0 Å². The number of rotatable bonds is 1. The third-order valence-corrected chi connectivity index (χ3v) is 3.48. The van der Waals surface area contributed by atoms with Gasteiger partial charge in [-0.3, -0.25) is 0 Å². The van der Waals surface area contributed by atoms with E-state index in [-0.39, 0.29) is 5.41 Å². The Morgan fingerprint density at radius 1 is 1.33 bits per heavy atom. The number of nitrogen functional groups attached to an aromatic ring is 1. The van der Waals surface area contributed by atoms with E-state index in [2.05, 4.69) is 48.6 Å². The minimum atomic E-state index is 0.00716. The summed E-state index contributed by atoms with van der Waals surface area (Å²) in [7, 11) is 0. The Labute approximate surface area is 110 Å².